The van der Waals surface area contributed by atoms with Crippen molar-refractivity contribution in [3.05, 3.63) is 39.9 Å². The van der Waals surface area contributed by atoms with Crippen molar-refractivity contribution in [3.8, 4) is 0 Å². The quantitative estimate of drug-likeness (QED) is 0.520. The van der Waals surface area contributed by atoms with Gasteiger partial charge in [-0.25, -0.2) is 4.79 Å². The van der Waals surface area contributed by atoms with E-state index in [2.05, 4.69) is 5.32 Å². The molecular weight excluding hydrogens is 260 g/mol. The molecule has 6 nitrogen and oxygen atoms in total. The maximum atomic E-state index is 12.3. The first-order valence-electron chi connectivity index (χ1n) is 6.27. The summed E-state index contributed by atoms with van der Waals surface area (Å²) in [6, 6.07) is 5.85. The van der Waals surface area contributed by atoms with Crippen LogP contribution in [0.5, 0.6) is 0 Å². The molecule has 0 aliphatic rings. The van der Waals surface area contributed by atoms with Crippen LogP contribution in [0.25, 0.3) is 0 Å². The standard InChI is InChI=1S/C14H20N2O4/c1-13(2,3)20-12(17)14(4,15-5)10-6-8-11(9-7-10)16(18)19/h6-9,15H,1-5H3/t14-/m1/s1. The predicted molar refractivity (Wildman–Crippen MR) is 75.4 cm³/mol. The van der Waals surface area contributed by atoms with Crippen LogP contribution in [0.2, 0.25) is 0 Å². The number of hydrogen-bond acceptors (Lipinski definition) is 5. The average molecular weight is 280 g/mol. The van der Waals surface area contributed by atoms with Gasteiger partial charge >= 0.3 is 5.97 Å². The fourth-order valence-corrected chi connectivity index (χ4v) is 1.66. The zero-order valence-corrected chi connectivity index (χ0v) is 12.4. The first-order valence-corrected chi connectivity index (χ1v) is 6.27. The SMILES string of the molecule is CN[C@@](C)(C(=O)OC(C)(C)C)c1ccc([N+](=O)[O-])cc1. The Morgan fingerprint density at radius 1 is 1.20 bits per heavy atom. The minimum atomic E-state index is -1.05. The molecule has 0 saturated carbocycles. The number of hydrogen-bond donors (Lipinski definition) is 1. The lowest BCUT2D eigenvalue weighted by Crippen LogP contribution is -2.48. The Balaban J connectivity index is 3.10. The van der Waals surface area contributed by atoms with Crippen LogP contribution in [0.15, 0.2) is 24.3 Å². The van der Waals surface area contributed by atoms with Crippen LogP contribution in [0.3, 0.4) is 0 Å². The highest BCUT2D eigenvalue weighted by atomic mass is 16.6. The minimum absolute atomic E-state index is 0.0172. The van der Waals surface area contributed by atoms with Crippen LogP contribution in [-0.4, -0.2) is 23.5 Å². The van der Waals surface area contributed by atoms with Crippen molar-refractivity contribution >= 4 is 11.7 Å². The molecule has 20 heavy (non-hydrogen) atoms. The summed E-state index contributed by atoms with van der Waals surface area (Å²) in [6.07, 6.45) is 0. The molecule has 0 fully saturated rings. The number of esters is 1. The normalized spacial score (nSPS) is 14.4. The Labute approximate surface area is 118 Å². The Morgan fingerprint density at radius 3 is 2.05 bits per heavy atom. The molecule has 1 atom stereocenters. The highest BCUT2D eigenvalue weighted by Gasteiger charge is 2.37. The van der Waals surface area contributed by atoms with Crippen molar-refractivity contribution < 1.29 is 14.5 Å². The van der Waals surface area contributed by atoms with E-state index >= 15 is 0 Å². The van der Waals surface area contributed by atoms with Crippen molar-refractivity contribution in [1.29, 1.82) is 0 Å². The summed E-state index contributed by atoms with van der Waals surface area (Å²) in [5.74, 6) is -0.429. The van der Waals surface area contributed by atoms with Gasteiger partial charge in [0.25, 0.3) is 5.69 Å². The molecule has 1 aromatic rings. The predicted octanol–water partition coefficient (Wildman–Crippen LogP) is 2.37. The monoisotopic (exact) mass is 280 g/mol. The summed E-state index contributed by atoms with van der Waals surface area (Å²) in [5, 5.41) is 13.6. The number of nitro benzene ring substituents is 1. The van der Waals surface area contributed by atoms with Crippen LogP contribution in [0.4, 0.5) is 5.69 Å². The molecule has 1 aromatic carbocycles. The van der Waals surface area contributed by atoms with Gasteiger partial charge in [0.2, 0.25) is 0 Å². The van der Waals surface area contributed by atoms with Gasteiger partial charge in [-0.15, -0.1) is 0 Å². The summed E-state index contributed by atoms with van der Waals surface area (Å²) in [5.41, 5.74) is -1.06. The van der Waals surface area contributed by atoms with Crippen LogP contribution in [-0.2, 0) is 15.1 Å². The molecule has 1 rings (SSSR count). The number of nitro groups is 1. The third-order valence-electron chi connectivity index (χ3n) is 2.96. The zero-order valence-electron chi connectivity index (χ0n) is 12.4. The molecule has 1 N–H and O–H groups in total. The van der Waals surface area contributed by atoms with Crippen molar-refractivity contribution in [2.75, 3.05) is 7.05 Å². The van der Waals surface area contributed by atoms with Gasteiger partial charge in [0.05, 0.1) is 4.92 Å². The first-order chi connectivity index (χ1) is 9.10. The van der Waals surface area contributed by atoms with E-state index in [4.69, 9.17) is 4.74 Å². The fourth-order valence-electron chi connectivity index (χ4n) is 1.66. The lowest BCUT2D eigenvalue weighted by Gasteiger charge is -2.31. The number of nitrogens with one attached hydrogen (secondary N) is 1. The molecule has 0 spiro atoms. The van der Waals surface area contributed by atoms with E-state index in [0.717, 1.165) is 0 Å². The van der Waals surface area contributed by atoms with Crippen LogP contribution < -0.4 is 5.32 Å². The molecule has 0 aliphatic carbocycles. The maximum Gasteiger partial charge on any atom is 0.331 e. The van der Waals surface area contributed by atoms with Gasteiger partial charge < -0.3 is 10.1 Å². The molecule has 0 radical (unpaired) electrons. The molecule has 0 bridgehead atoms. The lowest BCUT2D eigenvalue weighted by atomic mass is 9.92. The van der Waals surface area contributed by atoms with Gasteiger partial charge in [-0.2, -0.15) is 0 Å². The Bertz CT molecular complexity index is 505. The summed E-state index contributed by atoms with van der Waals surface area (Å²) in [4.78, 5) is 22.5. The van der Waals surface area contributed by atoms with E-state index in [9.17, 15) is 14.9 Å². The van der Waals surface area contributed by atoms with Crippen molar-refractivity contribution in [2.45, 2.75) is 38.8 Å². The van der Waals surface area contributed by atoms with E-state index in [1.165, 1.54) is 12.1 Å². The number of non-ortho nitro benzene ring substituents is 1. The van der Waals surface area contributed by atoms with Gasteiger partial charge in [-0.1, -0.05) is 0 Å². The van der Waals surface area contributed by atoms with Gasteiger partial charge in [0.1, 0.15) is 11.1 Å². The zero-order chi connectivity index (χ0) is 15.6. The van der Waals surface area contributed by atoms with Crippen LogP contribution >= 0.6 is 0 Å². The Kier molecular flexibility index (Phi) is 4.50. The van der Waals surface area contributed by atoms with Crippen LogP contribution in [0.1, 0.15) is 33.3 Å². The van der Waals surface area contributed by atoms with Crippen molar-refractivity contribution in [2.24, 2.45) is 0 Å². The minimum Gasteiger partial charge on any atom is -0.458 e. The number of nitrogens with zero attached hydrogens (tertiary/aromatic N) is 1. The van der Waals surface area contributed by atoms with Crippen LogP contribution in [0, 0.1) is 10.1 Å². The number of carbonyl (C=O) groups is 1. The summed E-state index contributed by atoms with van der Waals surface area (Å²) < 4.78 is 5.39. The summed E-state index contributed by atoms with van der Waals surface area (Å²) >= 11 is 0. The lowest BCUT2D eigenvalue weighted by molar-refractivity contribution is -0.384. The second-order valence-corrected chi connectivity index (χ2v) is 5.68. The Morgan fingerprint density at radius 2 is 1.70 bits per heavy atom. The van der Waals surface area contributed by atoms with E-state index in [-0.39, 0.29) is 5.69 Å². The maximum absolute atomic E-state index is 12.3. The third-order valence-corrected chi connectivity index (χ3v) is 2.96. The van der Waals surface area contributed by atoms with E-state index in [1.54, 1.807) is 46.9 Å². The van der Waals surface area contributed by atoms with E-state index in [0.29, 0.717) is 5.56 Å². The largest absolute Gasteiger partial charge is 0.458 e. The van der Waals surface area contributed by atoms with Gasteiger partial charge in [0, 0.05) is 12.1 Å². The number of likely N-dealkylation sites (N-methyl/N-ethyl adjacent to an activating group) is 1. The Hall–Kier alpha value is -1.95. The fraction of sp³-hybridized carbons (Fsp3) is 0.500. The summed E-state index contributed by atoms with van der Waals surface area (Å²) in [7, 11) is 1.64. The molecule has 110 valence electrons. The molecule has 0 aliphatic heterocycles. The molecule has 0 unspecified atom stereocenters. The smallest absolute Gasteiger partial charge is 0.331 e. The number of rotatable bonds is 4. The van der Waals surface area contributed by atoms with Gasteiger partial charge in [-0.3, -0.25) is 10.1 Å². The van der Waals surface area contributed by atoms with E-state index < -0.39 is 22.0 Å². The van der Waals surface area contributed by atoms with Crippen molar-refractivity contribution in [3.63, 3.8) is 0 Å². The molecular formula is C14H20N2O4. The number of ether oxygens (including phenoxy) is 1. The van der Waals surface area contributed by atoms with E-state index in [1.807, 2.05) is 0 Å². The number of carbonyl (C=O) groups excluding carboxylic acids is 1. The third kappa shape index (κ3) is 3.54. The second-order valence-electron chi connectivity index (χ2n) is 5.68. The molecule has 0 saturated heterocycles. The summed E-state index contributed by atoms with van der Waals surface area (Å²) in [6.45, 7) is 7.05. The van der Waals surface area contributed by atoms with Gasteiger partial charge in [0.15, 0.2) is 0 Å². The molecule has 6 heteroatoms. The highest BCUT2D eigenvalue weighted by molar-refractivity contribution is 5.82. The number of benzene rings is 1. The van der Waals surface area contributed by atoms with Gasteiger partial charge in [-0.05, 0) is 52.4 Å². The highest BCUT2D eigenvalue weighted by Crippen LogP contribution is 2.26. The molecule has 0 amide bonds. The average Bonchev–Trinajstić information content (AvgIpc) is 2.35. The second kappa shape index (κ2) is 5.58. The first kappa shape index (κ1) is 16.1. The molecule has 0 aromatic heterocycles. The molecule has 0 heterocycles. The van der Waals surface area contributed by atoms with Crippen molar-refractivity contribution in [1.82, 2.24) is 5.32 Å². The topological polar surface area (TPSA) is 81.5 Å².